The van der Waals surface area contributed by atoms with Gasteiger partial charge in [0.1, 0.15) is 4.90 Å². The second kappa shape index (κ2) is 7.65. The minimum absolute atomic E-state index is 0.0816. The highest BCUT2D eigenvalue weighted by Gasteiger charge is 2.30. The number of halogens is 3. The number of carbonyl (C=O) groups excluding carboxylic acids is 1. The largest absolute Gasteiger partial charge is 0.355 e. The van der Waals surface area contributed by atoms with Gasteiger partial charge in [-0.25, -0.2) is 8.42 Å². The highest BCUT2D eigenvalue weighted by Crippen LogP contribution is 2.34. The Hall–Kier alpha value is -0.530. The van der Waals surface area contributed by atoms with Crippen molar-refractivity contribution in [3.05, 3.63) is 27.2 Å². The van der Waals surface area contributed by atoms with Crippen LogP contribution in [0.4, 0.5) is 0 Å². The van der Waals surface area contributed by atoms with Crippen LogP contribution in [0.1, 0.15) is 13.8 Å². The zero-order valence-electron chi connectivity index (χ0n) is 11.5. The molecule has 0 atom stereocenters. The molecule has 0 spiro atoms. The molecule has 1 rings (SSSR count). The molecule has 0 bridgehead atoms. The molecule has 0 aliphatic heterocycles. The summed E-state index contributed by atoms with van der Waals surface area (Å²) in [6, 6.07) is 2.59. The Balaban J connectivity index is 3.23. The highest BCUT2D eigenvalue weighted by molar-refractivity contribution is 7.89. The number of sulfonamides is 1. The predicted octanol–water partition coefficient (Wildman–Crippen LogP) is 2.79. The van der Waals surface area contributed by atoms with Gasteiger partial charge in [-0.3, -0.25) is 4.79 Å². The van der Waals surface area contributed by atoms with Gasteiger partial charge in [-0.05, 0) is 19.1 Å². The number of carbonyl (C=O) groups is 1. The maximum absolute atomic E-state index is 12.6. The third-order valence-electron chi connectivity index (χ3n) is 2.61. The predicted molar refractivity (Wildman–Crippen MR) is 84.6 cm³/mol. The minimum Gasteiger partial charge on any atom is -0.355 e. The lowest BCUT2D eigenvalue weighted by molar-refractivity contribution is -0.121. The molecular weight excluding hydrogens is 359 g/mol. The van der Waals surface area contributed by atoms with Crippen molar-refractivity contribution in [3.8, 4) is 0 Å². The number of benzene rings is 1. The molecule has 1 aromatic rings. The van der Waals surface area contributed by atoms with Crippen LogP contribution in [-0.4, -0.2) is 38.3 Å². The molecule has 0 fully saturated rings. The van der Waals surface area contributed by atoms with Crippen molar-refractivity contribution in [2.75, 3.05) is 19.6 Å². The molecule has 0 saturated carbocycles. The fourth-order valence-corrected chi connectivity index (χ4v) is 4.58. The lowest BCUT2D eigenvalue weighted by atomic mass is 10.4. The molecule has 1 N–H and O–H groups in total. The summed E-state index contributed by atoms with van der Waals surface area (Å²) in [6.07, 6.45) is 0. The van der Waals surface area contributed by atoms with E-state index in [1.54, 1.807) is 13.8 Å². The molecule has 0 aromatic heterocycles. The van der Waals surface area contributed by atoms with Gasteiger partial charge in [-0.1, -0.05) is 41.7 Å². The maximum Gasteiger partial charge on any atom is 0.246 e. The number of hydrogen-bond acceptors (Lipinski definition) is 3. The molecule has 1 amide bonds. The van der Waals surface area contributed by atoms with Gasteiger partial charge in [-0.2, -0.15) is 4.31 Å². The Morgan fingerprint density at radius 3 is 2.14 bits per heavy atom. The normalized spacial score (nSPS) is 11.7. The van der Waals surface area contributed by atoms with Gasteiger partial charge in [0, 0.05) is 18.1 Å². The standard InChI is InChI=1S/C12H15Cl3N2O3S/c1-3-16-11(18)7-17(4-2)21(19,20)12-9(14)5-8(13)6-10(12)15/h5-6H,3-4,7H2,1-2H3,(H,16,18). The first-order valence-corrected chi connectivity index (χ1v) is 8.72. The molecule has 1 aromatic carbocycles. The number of likely N-dealkylation sites (N-methyl/N-ethyl adjacent to an activating group) is 2. The molecule has 5 nitrogen and oxygen atoms in total. The summed E-state index contributed by atoms with van der Waals surface area (Å²) in [7, 11) is -3.99. The van der Waals surface area contributed by atoms with E-state index in [0.29, 0.717) is 6.54 Å². The summed E-state index contributed by atoms with van der Waals surface area (Å²) in [5.41, 5.74) is 0. The highest BCUT2D eigenvalue weighted by atomic mass is 35.5. The fourth-order valence-electron chi connectivity index (χ4n) is 1.68. The SMILES string of the molecule is CCNC(=O)CN(CC)S(=O)(=O)c1c(Cl)cc(Cl)cc1Cl. The summed E-state index contributed by atoms with van der Waals surface area (Å²) < 4.78 is 26.2. The van der Waals surface area contributed by atoms with Crippen LogP contribution in [0.15, 0.2) is 17.0 Å². The van der Waals surface area contributed by atoms with E-state index < -0.39 is 15.9 Å². The van der Waals surface area contributed by atoms with E-state index in [-0.39, 0.29) is 33.1 Å². The number of nitrogens with one attached hydrogen (secondary N) is 1. The zero-order chi connectivity index (χ0) is 16.2. The first-order valence-electron chi connectivity index (χ1n) is 6.15. The summed E-state index contributed by atoms with van der Waals surface area (Å²) in [6.45, 7) is 3.58. The summed E-state index contributed by atoms with van der Waals surface area (Å²) >= 11 is 17.7. The Morgan fingerprint density at radius 2 is 1.71 bits per heavy atom. The van der Waals surface area contributed by atoms with Crippen LogP contribution in [-0.2, 0) is 14.8 Å². The van der Waals surface area contributed by atoms with E-state index in [1.165, 1.54) is 12.1 Å². The number of hydrogen-bond donors (Lipinski definition) is 1. The molecular formula is C12H15Cl3N2O3S. The Labute approximate surface area is 139 Å². The summed E-state index contributed by atoms with van der Waals surface area (Å²) in [5, 5.41) is 2.61. The van der Waals surface area contributed by atoms with Crippen LogP contribution >= 0.6 is 34.8 Å². The van der Waals surface area contributed by atoms with E-state index in [9.17, 15) is 13.2 Å². The molecule has 0 radical (unpaired) electrons. The van der Waals surface area contributed by atoms with Gasteiger partial charge >= 0.3 is 0 Å². The summed E-state index contributed by atoms with van der Waals surface area (Å²) in [5.74, 6) is -0.399. The van der Waals surface area contributed by atoms with Gasteiger partial charge in [-0.15, -0.1) is 0 Å². The average molecular weight is 374 g/mol. The van der Waals surface area contributed by atoms with E-state index >= 15 is 0 Å². The quantitative estimate of drug-likeness (QED) is 0.834. The van der Waals surface area contributed by atoms with E-state index in [1.807, 2.05) is 0 Å². The van der Waals surface area contributed by atoms with Crippen molar-refractivity contribution in [2.24, 2.45) is 0 Å². The van der Waals surface area contributed by atoms with Crippen molar-refractivity contribution in [1.82, 2.24) is 9.62 Å². The van der Waals surface area contributed by atoms with Crippen molar-refractivity contribution in [1.29, 1.82) is 0 Å². The second-order valence-corrected chi connectivity index (χ2v) is 7.21. The number of rotatable bonds is 6. The van der Waals surface area contributed by atoms with Gasteiger partial charge < -0.3 is 5.32 Å². The summed E-state index contributed by atoms with van der Waals surface area (Å²) in [4.78, 5) is 11.4. The minimum atomic E-state index is -3.99. The lowest BCUT2D eigenvalue weighted by Gasteiger charge is -2.21. The Bertz CT molecular complexity index is 612. The first-order chi connectivity index (χ1) is 9.73. The van der Waals surface area contributed by atoms with Crippen molar-refractivity contribution >= 4 is 50.7 Å². The second-order valence-electron chi connectivity index (χ2n) is 4.08. The molecule has 0 saturated heterocycles. The molecule has 9 heteroatoms. The van der Waals surface area contributed by atoms with Gasteiger partial charge in [0.25, 0.3) is 0 Å². The molecule has 0 heterocycles. The number of amides is 1. The topological polar surface area (TPSA) is 66.5 Å². The molecule has 0 aliphatic rings. The number of nitrogens with zero attached hydrogens (tertiary/aromatic N) is 1. The van der Waals surface area contributed by atoms with Crippen LogP contribution in [0.5, 0.6) is 0 Å². The Morgan fingerprint density at radius 1 is 1.19 bits per heavy atom. The molecule has 0 unspecified atom stereocenters. The van der Waals surface area contributed by atoms with Gasteiger partial charge in [0.05, 0.1) is 16.6 Å². The third kappa shape index (κ3) is 4.47. The maximum atomic E-state index is 12.6. The average Bonchev–Trinajstić information content (AvgIpc) is 2.34. The van der Waals surface area contributed by atoms with Crippen molar-refractivity contribution in [3.63, 3.8) is 0 Å². The van der Waals surface area contributed by atoms with E-state index in [2.05, 4.69) is 5.32 Å². The molecule has 21 heavy (non-hydrogen) atoms. The monoisotopic (exact) mass is 372 g/mol. The lowest BCUT2D eigenvalue weighted by Crippen LogP contribution is -2.40. The van der Waals surface area contributed by atoms with Crippen LogP contribution < -0.4 is 5.32 Å². The van der Waals surface area contributed by atoms with Gasteiger partial charge in [0.15, 0.2) is 0 Å². The molecule has 118 valence electrons. The van der Waals surface area contributed by atoms with Crippen molar-refractivity contribution in [2.45, 2.75) is 18.7 Å². The van der Waals surface area contributed by atoms with Crippen LogP contribution in [0.2, 0.25) is 15.1 Å². The first kappa shape index (κ1) is 18.5. The smallest absolute Gasteiger partial charge is 0.246 e. The van der Waals surface area contributed by atoms with Gasteiger partial charge in [0.2, 0.25) is 15.9 Å². The van der Waals surface area contributed by atoms with Crippen molar-refractivity contribution < 1.29 is 13.2 Å². The Kier molecular flexibility index (Phi) is 6.74. The van der Waals surface area contributed by atoms with Crippen LogP contribution in [0.3, 0.4) is 0 Å². The zero-order valence-corrected chi connectivity index (χ0v) is 14.6. The fraction of sp³-hybridized carbons (Fsp3) is 0.417. The van der Waals surface area contributed by atoms with Crippen LogP contribution in [0, 0.1) is 0 Å². The van der Waals surface area contributed by atoms with Crippen LogP contribution in [0.25, 0.3) is 0 Å². The third-order valence-corrected chi connectivity index (χ3v) is 5.67. The van der Waals surface area contributed by atoms with E-state index in [0.717, 1.165) is 4.31 Å². The molecule has 0 aliphatic carbocycles. The van der Waals surface area contributed by atoms with E-state index in [4.69, 9.17) is 34.8 Å².